The Bertz CT molecular complexity index is 1710. The number of halogens is 1. The van der Waals surface area contributed by atoms with Crippen molar-refractivity contribution in [3.63, 3.8) is 0 Å². The molecule has 40 heavy (non-hydrogen) atoms. The van der Waals surface area contributed by atoms with Crippen LogP contribution in [0.25, 0.3) is 16.5 Å². The minimum atomic E-state index is -0.492. The molecule has 1 aliphatic heterocycles. The fourth-order valence-electron chi connectivity index (χ4n) is 5.28. The molecule has 6 rings (SSSR count). The van der Waals surface area contributed by atoms with Gasteiger partial charge in [0, 0.05) is 29.6 Å². The van der Waals surface area contributed by atoms with Gasteiger partial charge in [-0.05, 0) is 76.9 Å². The van der Waals surface area contributed by atoms with Gasteiger partial charge >= 0.3 is 0 Å². The highest BCUT2D eigenvalue weighted by atomic mass is 19.1. The Morgan fingerprint density at radius 3 is 2.62 bits per heavy atom. The van der Waals surface area contributed by atoms with E-state index in [4.69, 9.17) is 4.74 Å². The summed E-state index contributed by atoms with van der Waals surface area (Å²) in [6.07, 6.45) is 2.87. The molecule has 3 aromatic carbocycles. The largest absolute Gasteiger partial charge is 0.494 e. The van der Waals surface area contributed by atoms with Crippen LogP contribution < -0.4 is 10.3 Å². The van der Waals surface area contributed by atoms with Crippen molar-refractivity contribution in [1.29, 1.82) is 0 Å². The predicted octanol–water partition coefficient (Wildman–Crippen LogP) is 4.98. The molecule has 0 amide bonds. The highest BCUT2D eigenvalue weighted by Gasteiger charge is 2.31. The van der Waals surface area contributed by atoms with Crippen molar-refractivity contribution in [1.82, 2.24) is 30.1 Å². The van der Waals surface area contributed by atoms with E-state index in [1.807, 2.05) is 61.5 Å². The van der Waals surface area contributed by atoms with Gasteiger partial charge in [-0.2, -0.15) is 0 Å². The number of hydrogen-bond acceptors (Lipinski definition) is 6. The highest BCUT2D eigenvalue weighted by molar-refractivity contribution is 5.80. The van der Waals surface area contributed by atoms with Crippen LogP contribution in [-0.4, -0.2) is 49.8 Å². The number of tetrazole rings is 1. The zero-order valence-electron chi connectivity index (χ0n) is 22.1. The lowest BCUT2D eigenvalue weighted by Gasteiger charge is -2.33. The number of fused-ring (bicyclic) bond motifs is 1. The van der Waals surface area contributed by atoms with E-state index in [0.29, 0.717) is 37.6 Å². The minimum Gasteiger partial charge on any atom is -0.494 e. The number of hydrogen-bond donors (Lipinski definition) is 1. The molecule has 0 saturated carbocycles. The molecule has 9 heteroatoms. The molecule has 0 fully saturated rings. The number of rotatable bonds is 8. The molecule has 1 atom stereocenters. The zero-order chi connectivity index (χ0) is 27.5. The molecule has 1 aliphatic rings. The Morgan fingerprint density at radius 2 is 1.88 bits per heavy atom. The van der Waals surface area contributed by atoms with Crippen molar-refractivity contribution >= 4 is 16.5 Å². The summed E-state index contributed by atoms with van der Waals surface area (Å²) in [7, 11) is 0. The van der Waals surface area contributed by atoms with Crippen molar-refractivity contribution < 1.29 is 9.13 Å². The first-order valence-electron chi connectivity index (χ1n) is 13.4. The van der Waals surface area contributed by atoms with Crippen LogP contribution in [0.2, 0.25) is 0 Å². The van der Waals surface area contributed by atoms with Crippen LogP contribution in [0.1, 0.15) is 41.9 Å². The second kappa shape index (κ2) is 11.2. The summed E-state index contributed by atoms with van der Waals surface area (Å²) >= 11 is 0. The third-order valence-electron chi connectivity index (χ3n) is 7.25. The standard InChI is InChI=1S/C31H29FN6O2/c1-2-40-26-12-13-28-24(18-26)19-27(31(39)33-28)29(30-34-35-36-38(30)20-21-6-4-3-5-7-21)37-16-14-23(15-17-37)22-8-10-25(32)11-9-22/h3-14,18-19,29H,2,15-17,20H2,1H3,(H,33,39). The smallest absolute Gasteiger partial charge is 0.253 e. The van der Waals surface area contributed by atoms with Gasteiger partial charge in [0.1, 0.15) is 17.6 Å². The number of aromatic nitrogens is 5. The van der Waals surface area contributed by atoms with Crippen molar-refractivity contribution in [2.24, 2.45) is 0 Å². The molecule has 3 heterocycles. The van der Waals surface area contributed by atoms with Gasteiger partial charge in [0.15, 0.2) is 5.82 Å². The molecule has 5 aromatic rings. The van der Waals surface area contributed by atoms with Crippen LogP contribution >= 0.6 is 0 Å². The molecular weight excluding hydrogens is 507 g/mol. The van der Waals surface area contributed by atoms with E-state index in [-0.39, 0.29) is 11.4 Å². The van der Waals surface area contributed by atoms with Crippen molar-refractivity contribution in [3.8, 4) is 5.75 Å². The van der Waals surface area contributed by atoms with Gasteiger partial charge in [-0.25, -0.2) is 9.07 Å². The molecular formula is C31H29FN6O2. The average molecular weight is 537 g/mol. The summed E-state index contributed by atoms with van der Waals surface area (Å²) < 4.78 is 21.0. The van der Waals surface area contributed by atoms with Crippen LogP contribution in [0.5, 0.6) is 5.75 Å². The van der Waals surface area contributed by atoms with Crippen LogP contribution in [0, 0.1) is 5.82 Å². The maximum atomic E-state index is 13.6. The first-order valence-corrected chi connectivity index (χ1v) is 13.4. The number of aromatic amines is 1. The third-order valence-corrected chi connectivity index (χ3v) is 7.25. The maximum absolute atomic E-state index is 13.6. The fourth-order valence-corrected chi connectivity index (χ4v) is 5.28. The summed E-state index contributed by atoms with van der Waals surface area (Å²) in [6, 6.07) is 23.6. The third kappa shape index (κ3) is 5.28. The van der Waals surface area contributed by atoms with Crippen molar-refractivity contribution in [2.45, 2.75) is 25.9 Å². The number of pyridine rings is 1. The number of nitrogens with zero attached hydrogens (tertiary/aromatic N) is 5. The van der Waals surface area contributed by atoms with Gasteiger partial charge in [-0.15, -0.1) is 5.10 Å². The second-order valence-corrected chi connectivity index (χ2v) is 9.80. The van der Waals surface area contributed by atoms with Crippen molar-refractivity contribution in [3.05, 3.63) is 124 Å². The number of ether oxygens (including phenoxy) is 1. The van der Waals surface area contributed by atoms with Gasteiger partial charge in [-0.3, -0.25) is 9.69 Å². The lowest BCUT2D eigenvalue weighted by Crippen LogP contribution is -2.38. The summed E-state index contributed by atoms with van der Waals surface area (Å²) in [4.78, 5) is 18.8. The molecule has 0 aliphatic carbocycles. The van der Waals surface area contributed by atoms with Crippen molar-refractivity contribution in [2.75, 3.05) is 19.7 Å². The molecule has 0 saturated heterocycles. The Hall–Kier alpha value is -4.63. The lowest BCUT2D eigenvalue weighted by atomic mass is 9.96. The molecule has 1 unspecified atom stereocenters. The van der Waals surface area contributed by atoms with E-state index >= 15 is 0 Å². The number of benzene rings is 3. The SMILES string of the molecule is CCOc1ccc2[nH]c(=O)c(C(c3nnnn3Cc3ccccc3)N3CC=C(c4ccc(F)cc4)CC3)cc2c1. The summed E-state index contributed by atoms with van der Waals surface area (Å²) in [5.41, 5.74) is 4.30. The van der Waals surface area contributed by atoms with Gasteiger partial charge in [-0.1, -0.05) is 48.5 Å². The summed E-state index contributed by atoms with van der Waals surface area (Å²) in [6.45, 7) is 4.21. The van der Waals surface area contributed by atoms with E-state index in [0.717, 1.165) is 39.8 Å². The molecule has 0 radical (unpaired) electrons. The van der Waals surface area contributed by atoms with Gasteiger partial charge < -0.3 is 9.72 Å². The Balaban J connectivity index is 1.42. The van der Waals surface area contributed by atoms with E-state index in [2.05, 4.69) is 31.5 Å². The summed E-state index contributed by atoms with van der Waals surface area (Å²) in [5.74, 6) is 1.08. The minimum absolute atomic E-state index is 0.191. The second-order valence-electron chi connectivity index (χ2n) is 9.80. The molecule has 0 bridgehead atoms. The van der Waals surface area contributed by atoms with Gasteiger partial charge in [0.05, 0.1) is 13.2 Å². The quantitative estimate of drug-likeness (QED) is 0.301. The first-order chi connectivity index (χ1) is 19.6. The fraction of sp³-hybridized carbons (Fsp3) is 0.226. The molecule has 0 spiro atoms. The first kappa shape index (κ1) is 25.6. The van der Waals surface area contributed by atoms with E-state index in [9.17, 15) is 9.18 Å². The maximum Gasteiger partial charge on any atom is 0.253 e. The predicted molar refractivity (Wildman–Crippen MR) is 152 cm³/mol. The zero-order valence-corrected chi connectivity index (χ0v) is 22.1. The van der Waals surface area contributed by atoms with E-state index in [1.54, 1.807) is 16.8 Å². The van der Waals surface area contributed by atoms with Gasteiger partial charge in [0.25, 0.3) is 5.56 Å². The Labute approximate surface area is 230 Å². The number of nitrogens with one attached hydrogen (secondary N) is 1. The van der Waals surface area contributed by atoms with Crippen LogP contribution in [0.3, 0.4) is 0 Å². The monoisotopic (exact) mass is 536 g/mol. The topological polar surface area (TPSA) is 88.9 Å². The molecule has 202 valence electrons. The molecule has 8 nitrogen and oxygen atoms in total. The Morgan fingerprint density at radius 1 is 1.05 bits per heavy atom. The van der Waals surface area contributed by atoms with E-state index in [1.165, 1.54) is 12.1 Å². The Kier molecular flexibility index (Phi) is 7.20. The van der Waals surface area contributed by atoms with Gasteiger partial charge in [0.2, 0.25) is 0 Å². The van der Waals surface area contributed by atoms with Crippen LogP contribution in [-0.2, 0) is 6.54 Å². The van der Waals surface area contributed by atoms with Crippen LogP contribution in [0.4, 0.5) is 4.39 Å². The molecule has 1 N–H and O–H groups in total. The molecule has 2 aromatic heterocycles. The highest BCUT2D eigenvalue weighted by Crippen LogP contribution is 2.32. The summed E-state index contributed by atoms with van der Waals surface area (Å²) in [5, 5.41) is 13.6. The lowest BCUT2D eigenvalue weighted by molar-refractivity contribution is 0.234. The normalized spacial score (nSPS) is 14.7. The van der Waals surface area contributed by atoms with Crippen LogP contribution in [0.15, 0.2) is 89.7 Å². The van der Waals surface area contributed by atoms with E-state index < -0.39 is 6.04 Å². The number of H-pyrrole nitrogens is 1. The average Bonchev–Trinajstić information content (AvgIpc) is 3.42.